The largest absolute Gasteiger partial charge is 0.387 e. The standard InChI is InChI=1S/C20H22N2O/c21-13-19(22-14-20(23)16-7-2-1-3-8-16)18-11-10-15-6-4-5-9-17(15)12-18/h1-12,19-20,22-23H,13-14,21H2. The molecule has 0 bridgehead atoms. The summed E-state index contributed by atoms with van der Waals surface area (Å²) < 4.78 is 0. The lowest BCUT2D eigenvalue weighted by atomic mass is 10.0. The maximum Gasteiger partial charge on any atom is 0.0914 e. The first kappa shape index (κ1) is 15.7. The fraction of sp³-hybridized carbons (Fsp3) is 0.200. The highest BCUT2D eigenvalue weighted by Crippen LogP contribution is 2.21. The molecule has 3 nitrogen and oxygen atoms in total. The van der Waals surface area contributed by atoms with E-state index in [1.165, 1.54) is 10.8 Å². The Morgan fingerprint density at radius 3 is 2.26 bits per heavy atom. The maximum absolute atomic E-state index is 10.3. The van der Waals surface area contributed by atoms with Gasteiger partial charge in [0.25, 0.3) is 0 Å². The summed E-state index contributed by atoms with van der Waals surface area (Å²) >= 11 is 0. The molecule has 118 valence electrons. The third kappa shape index (κ3) is 3.77. The Morgan fingerprint density at radius 2 is 1.52 bits per heavy atom. The molecule has 0 aliphatic heterocycles. The van der Waals surface area contributed by atoms with Gasteiger partial charge in [0, 0.05) is 19.1 Å². The Bertz CT molecular complexity index is 758. The van der Waals surface area contributed by atoms with Gasteiger partial charge in [0.1, 0.15) is 0 Å². The fourth-order valence-corrected chi connectivity index (χ4v) is 2.81. The van der Waals surface area contributed by atoms with E-state index in [1.54, 1.807) is 0 Å². The highest BCUT2D eigenvalue weighted by Gasteiger charge is 2.13. The molecule has 3 rings (SSSR count). The van der Waals surface area contributed by atoms with Gasteiger partial charge in [-0.1, -0.05) is 66.7 Å². The van der Waals surface area contributed by atoms with Crippen LogP contribution in [-0.4, -0.2) is 18.2 Å². The van der Waals surface area contributed by atoms with Gasteiger partial charge in [-0.05, 0) is 28.0 Å². The highest BCUT2D eigenvalue weighted by atomic mass is 16.3. The third-order valence-electron chi connectivity index (χ3n) is 4.15. The van der Waals surface area contributed by atoms with Crippen LogP contribution in [0.5, 0.6) is 0 Å². The molecule has 0 saturated carbocycles. The zero-order valence-corrected chi connectivity index (χ0v) is 13.0. The molecule has 0 aliphatic carbocycles. The summed E-state index contributed by atoms with van der Waals surface area (Å²) in [6, 6.07) is 24.4. The van der Waals surface area contributed by atoms with E-state index in [4.69, 9.17) is 5.73 Å². The van der Waals surface area contributed by atoms with Gasteiger partial charge in [-0.15, -0.1) is 0 Å². The fourth-order valence-electron chi connectivity index (χ4n) is 2.81. The molecular formula is C20H22N2O. The van der Waals surface area contributed by atoms with Gasteiger partial charge in [0.2, 0.25) is 0 Å². The number of hydrogen-bond acceptors (Lipinski definition) is 3. The molecule has 3 aromatic rings. The lowest BCUT2D eigenvalue weighted by molar-refractivity contribution is 0.170. The smallest absolute Gasteiger partial charge is 0.0914 e. The summed E-state index contributed by atoms with van der Waals surface area (Å²) in [7, 11) is 0. The van der Waals surface area contributed by atoms with Crippen LogP contribution in [0.3, 0.4) is 0 Å². The van der Waals surface area contributed by atoms with Crippen LogP contribution in [0.15, 0.2) is 72.8 Å². The Hall–Kier alpha value is -2.20. The van der Waals surface area contributed by atoms with Crippen LogP contribution in [0, 0.1) is 0 Å². The van der Waals surface area contributed by atoms with Crippen LogP contribution in [0.25, 0.3) is 10.8 Å². The van der Waals surface area contributed by atoms with Crippen molar-refractivity contribution in [3.63, 3.8) is 0 Å². The van der Waals surface area contributed by atoms with Crippen molar-refractivity contribution >= 4 is 10.8 Å². The lowest BCUT2D eigenvalue weighted by Crippen LogP contribution is -2.31. The number of hydrogen-bond donors (Lipinski definition) is 3. The monoisotopic (exact) mass is 306 g/mol. The Kier molecular flexibility index (Phi) is 5.03. The SMILES string of the molecule is NCC(NCC(O)c1ccccc1)c1ccc2ccccc2c1. The third-order valence-corrected chi connectivity index (χ3v) is 4.15. The number of fused-ring (bicyclic) bond motifs is 1. The van der Waals surface area contributed by atoms with Crippen molar-refractivity contribution in [2.45, 2.75) is 12.1 Å². The minimum atomic E-state index is -0.536. The second-order valence-corrected chi connectivity index (χ2v) is 5.73. The molecular weight excluding hydrogens is 284 g/mol. The maximum atomic E-state index is 10.3. The molecule has 0 aliphatic rings. The first-order valence-electron chi connectivity index (χ1n) is 7.93. The molecule has 0 heterocycles. The van der Waals surface area contributed by atoms with Crippen molar-refractivity contribution in [1.82, 2.24) is 5.32 Å². The molecule has 0 fully saturated rings. The predicted molar refractivity (Wildman–Crippen MR) is 95.1 cm³/mol. The second-order valence-electron chi connectivity index (χ2n) is 5.73. The summed E-state index contributed by atoms with van der Waals surface area (Å²) in [5, 5.41) is 16.1. The van der Waals surface area contributed by atoms with E-state index in [2.05, 4.69) is 35.6 Å². The molecule has 3 heteroatoms. The number of benzene rings is 3. The van der Waals surface area contributed by atoms with Gasteiger partial charge in [0.05, 0.1) is 6.10 Å². The lowest BCUT2D eigenvalue weighted by Gasteiger charge is -2.20. The van der Waals surface area contributed by atoms with E-state index in [0.29, 0.717) is 13.1 Å². The number of aliphatic hydroxyl groups is 1. The molecule has 3 aromatic carbocycles. The normalized spacial score (nSPS) is 13.8. The van der Waals surface area contributed by atoms with Gasteiger partial charge in [-0.2, -0.15) is 0 Å². The number of rotatable bonds is 6. The van der Waals surface area contributed by atoms with E-state index >= 15 is 0 Å². The summed E-state index contributed by atoms with van der Waals surface area (Å²) in [5.41, 5.74) is 7.99. The van der Waals surface area contributed by atoms with Crippen LogP contribution < -0.4 is 11.1 Å². The molecule has 0 radical (unpaired) electrons. The molecule has 4 N–H and O–H groups in total. The molecule has 0 saturated heterocycles. The van der Waals surface area contributed by atoms with Gasteiger partial charge >= 0.3 is 0 Å². The van der Waals surface area contributed by atoms with Crippen LogP contribution >= 0.6 is 0 Å². The Morgan fingerprint density at radius 1 is 0.826 bits per heavy atom. The quantitative estimate of drug-likeness (QED) is 0.655. The number of nitrogens with one attached hydrogen (secondary N) is 1. The van der Waals surface area contributed by atoms with E-state index in [0.717, 1.165) is 11.1 Å². The molecule has 0 aromatic heterocycles. The zero-order valence-electron chi connectivity index (χ0n) is 13.0. The van der Waals surface area contributed by atoms with Crippen molar-refractivity contribution in [2.75, 3.05) is 13.1 Å². The number of nitrogens with two attached hydrogens (primary N) is 1. The van der Waals surface area contributed by atoms with E-state index in [-0.39, 0.29) is 6.04 Å². The molecule has 23 heavy (non-hydrogen) atoms. The highest BCUT2D eigenvalue weighted by molar-refractivity contribution is 5.83. The average Bonchev–Trinajstić information content (AvgIpc) is 2.62. The zero-order chi connectivity index (χ0) is 16.1. The Balaban J connectivity index is 1.71. The van der Waals surface area contributed by atoms with Crippen molar-refractivity contribution in [2.24, 2.45) is 5.73 Å². The summed E-state index contributed by atoms with van der Waals surface area (Å²) in [5.74, 6) is 0. The van der Waals surface area contributed by atoms with Gasteiger partial charge in [-0.25, -0.2) is 0 Å². The average molecular weight is 306 g/mol. The van der Waals surface area contributed by atoms with Gasteiger partial charge in [0.15, 0.2) is 0 Å². The number of aliphatic hydroxyl groups excluding tert-OH is 1. The minimum absolute atomic E-state index is 0.0259. The van der Waals surface area contributed by atoms with Crippen LogP contribution in [0.4, 0.5) is 0 Å². The van der Waals surface area contributed by atoms with Crippen LogP contribution in [0.2, 0.25) is 0 Å². The van der Waals surface area contributed by atoms with E-state index in [9.17, 15) is 5.11 Å². The predicted octanol–water partition coefficient (Wildman–Crippen LogP) is 3.16. The van der Waals surface area contributed by atoms with E-state index < -0.39 is 6.10 Å². The topological polar surface area (TPSA) is 58.3 Å². The Labute approximate surface area is 136 Å². The summed E-state index contributed by atoms with van der Waals surface area (Å²) in [6.07, 6.45) is -0.536. The molecule has 0 spiro atoms. The summed E-state index contributed by atoms with van der Waals surface area (Å²) in [4.78, 5) is 0. The van der Waals surface area contributed by atoms with Crippen LogP contribution in [-0.2, 0) is 0 Å². The van der Waals surface area contributed by atoms with Gasteiger partial charge < -0.3 is 16.2 Å². The van der Waals surface area contributed by atoms with Crippen molar-refractivity contribution in [3.8, 4) is 0 Å². The summed E-state index contributed by atoms with van der Waals surface area (Å²) in [6.45, 7) is 0.957. The first-order chi connectivity index (χ1) is 11.3. The first-order valence-corrected chi connectivity index (χ1v) is 7.93. The van der Waals surface area contributed by atoms with Crippen molar-refractivity contribution < 1.29 is 5.11 Å². The van der Waals surface area contributed by atoms with Gasteiger partial charge in [-0.3, -0.25) is 0 Å². The van der Waals surface area contributed by atoms with Crippen molar-refractivity contribution in [3.05, 3.63) is 83.9 Å². The minimum Gasteiger partial charge on any atom is -0.387 e. The molecule has 2 unspecified atom stereocenters. The van der Waals surface area contributed by atoms with Crippen LogP contribution in [0.1, 0.15) is 23.3 Å². The van der Waals surface area contributed by atoms with Crippen molar-refractivity contribution in [1.29, 1.82) is 0 Å². The second kappa shape index (κ2) is 7.38. The molecule has 0 amide bonds. The van der Waals surface area contributed by atoms with E-state index in [1.807, 2.05) is 42.5 Å². The molecule has 2 atom stereocenters.